The zero-order valence-corrected chi connectivity index (χ0v) is 14.4. The lowest BCUT2D eigenvalue weighted by Crippen LogP contribution is -2.21. The first kappa shape index (κ1) is 17.7. The standard InChI is InChI=1S/C17H22F3N5/c1-11-13(10-21-25(11)2)14-9-15(17(18,19)20)24-16(23-14)22-12-7-5-3-4-6-8-12/h9-10,12H,3-8H2,1-2H3,(H,22,23,24). The van der Waals surface area contributed by atoms with Gasteiger partial charge in [-0.05, 0) is 25.8 Å². The summed E-state index contributed by atoms with van der Waals surface area (Å²) >= 11 is 0. The van der Waals surface area contributed by atoms with E-state index in [1.165, 1.54) is 19.0 Å². The van der Waals surface area contributed by atoms with E-state index in [0.29, 0.717) is 5.56 Å². The fourth-order valence-corrected chi connectivity index (χ4v) is 3.15. The number of aryl methyl sites for hydroxylation is 1. The number of rotatable bonds is 3. The van der Waals surface area contributed by atoms with Crippen LogP contribution in [0.4, 0.5) is 19.1 Å². The number of alkyl halides is 3. The van der Waals surface area contributed by atoms with Gasteiger partial charge >= 0.3 is 6.18 Å². The average Bonchev–Trinajstić information content (AvgIpc) is 2.75. The third kappa shape index (κ3) is 4.11. The van der Waals surface area contributed by atoms with Crippen molar-refractivity contribution < 1.29 is 13.2 Å². The van der Waals surface area contributed by atoms with E-state index in [-0.39, 0.29) is 17.7 Å². The van der Waals surface area contributed by atoms with E-state index in [2.05, 4.69) is 20.4 Å². The molecule has 0 aliphatic heterocycles. The summed E-state index contributed by atoms with van der Waals surface area (Å²) in [6.45, 7) is 1.80. The van der Waals surface area contributed by atoms with E-state index < -0.39 is 11.9 Å². The van der Waals surface area contributed by atoms with Crippen molar-refractivity contribution in [2.75, 3.05) is 5.32 Å². The predicted octanol–water partition coefficient (Wildman–Crippen LogP) is 4.34. The third-order valence-electron chi connectivity index (χ3n) is 4.72. The van der Waals surface area contributed by atoms with E-state index >= 15 is 0 Å². The first-order chi connectivity index (χ1) is 11.8. The Balaban J connectivity index is 1.96. The fourth-order valence-electron chi connectivity index (χ4n) is 3.15. The molecule has 1 aliphatic rings. The lowest BCUT2D eigenvalue weighted by atomic mass is 10.1. The van der Waals surface area contributed by atoms with Crippen LogP contribution in [0.5, 0.6) is 0 Å². The molecule has 0 aromatic carbocycles. The van der Waals surface area contributed by atoms with E-state index in [1.54, 1.807) is 18.7 Å². The number of hydrogen-bond acceptors (Lipinski definition) is 4. The predicted molar refractivity (Wildman–Crippen MR) is 89.1 cm³/mol. The Hall–Kier alpha value is -2.12. The Morgan fingerprint density at radius 3 is 2.36 bits per heavy atom. The first-order valence-electron chi connectivity index (χ1n) is 8.56. The molecule has 0 spiro atoms. The molecule has 8 heteroatoms. The average molecular weight is 353 g/mol. The molecule has 5 nitrogen and oxygen atoms in total. The summed E-state index contributed by atoms with van der Waals surface area (Å²) in [6, 6.07) is 1.11. The Morgan fingerprint density at radius 2 is 1.80 bits per heavy atom. The quantitative estimate of drug-likeness (QED) is 0.834. The number of aromatic nitrogens is 4. The van der Waals surface area contributed by atoms with Crippen molar-refractivity contribution in [2.24, 2.45) is 7.05 Å². The van der Waals surface area contributed by atoms with Gasteiger partial charge in [-0.3, -0.25) is 4.68 Å². The minimum absolute atomic E-state index is 0.0416. The SMILES string of the molecule is Cc1c(-c2cc(C(F)(F)F)nc(NC3CCCCCC3)n2)cnn1C. The third-order valence-corrected chi connectivity index (χ3v) is 4.72. The summed E-state index contributed by atoms with van der Waals surface area (Å²) in [5, 5.41) is 7.22. The van der Waals surface area contributed by atoms with Crippen LogP contribution in [0.3, 0.4) is 0 Å². The van der Waals surface area contributed by atoms with Gasteiger partial charge in [0.05, 0.1) is 11.9 Å². The number of anilines is 1. The number of nitrogens with zero attached hydrogens (tertiary/aromatic N) is 4. The molecule has 25 heavy (non-hydrogen) atoms. The number of hydrogen-bond donors (Lipinski definition) is 1. The van der Waals surface area contributed by atoms with E-state index in [9.17, 15) is 13.2 Å². The van der Waals surface area contributed by atoms with Crippen molar-refractivity contribution in [1.82, 2.24) is 19.7 Å². The lowest BCUT2D eigenvalue weighted by molar-refractivity contribution is -0.141. The molecule has 0 atom stereocenters. The Bertz CT molecular complexity index is 730. The van der Waals surface area contributed by atoms with Crippen LogP contribution in [-0.4, -0.2) is 25.8 Å². The molecule has 136 valence electrons. The van der Waals surface area contributed by atoms with E-state index in [1.807, 2.05) is 0 Å². The highest BCUT2D eigenvalue weighted by atomic mass is 19.4. The molecular formula is C17H22F3N5. The molecule has 0 radical (unpaired) electrons. The molecule has 1 N–H and O–H groups in total. The van der Waals surface area contributed by atoms with Gasteiger partial charge < -0.3 is 5.32 Å². The Morgan fingerprint density at radius 1 is 1.12 bits per heavy atom. The molecule has 0 amide bonds. The fraction of sp³-hybridized carbons (Fsp3) is 0.588. The molecule has 3 rings (SSSR count). The van der Waals surface area contributed by atoms with Gasteiger partial charge in [0.1, 0.15) is 0 Å². The Labute approximate surface area is 144 Å². The van der Waals surface area contributed by atoms with Crippen LogP contribution in [0.25, 0.3) is 11.3 Å². The van der Waals surface area contributed by atoms with E-state index in [4.69, 9.17) is 0 Å². The molecule has 0 bridgehead atoms. The maximum atomic E-state index is 13.3. The minimum atomic E-state index is -4.52. The zero-order chi connectivity index (χ0) is 18.0. The molecule has 0 unspecified atom stereocenters. The van der Waals surface area contributed by atoms with Gasteiger partial charge in [0.2, 0.25) is 5.95 Å². The van der Waals surface area contributed by atoms with Crippen LogP contribution in [0, 0.1) is 6.92 Å². The molecule has 2 heterocycles. The van der Waals surface area contributed by atoms with Crippen molar-refractivity contribution in [3.63, 3.8) is 0 Å². The van der Waals surface area contributed by atoms with Crippen molar-refractivity contribution in [3.05, 3.63) is 23.7 Å². The summed E-state index contributed by atoms with van der Waals surface area (Å²) in [6.07, 6.45) is 3.36. The maximum absolute atomic E-state index is 13.3. The monoisotopic (exact) mass is 353 g/mol. The topological polar surface area (TPSA) is 55.6 Å². The normalized spacial score (nSPS) is 16.7. The number of halogens is 3. The second kappa shape index (κ2) is 7.01. The van der Waals surface area contributed by atoms with Crippen molar-refractivity contribution in [1.29, 1.82) is 0 Å². The molecule has 1 aliphatic carbocycles. The summed E-state index contributed by atoms with van der Waals surface area (Å²) in [4.78, 5) is 8.06. The van der Waals surface area contributed by atoms with Crippen LogP contribution in [0.1, 0.15) is 49.9 Å². The maximum Gasteiger partial charge on any atom is 0.433 e. The molecule has 2 aromatic rings. The smallest absolute Gasteiger partial charge is 0.351 e. The van der Waals surface area contributed by atoms with Gasteiger partial charge in [-0.2, -0.15) is 18.3 Å². The van der Waals surface area contributed by atoms with Crippen LogP contribution < -0.4 is 5.32 Å². The molecule has 1 saturated carbocycles. The number of nitrogens with one attached hydrogen (secondary N) is 1. The lowest BCUT2D eigenvalue weighted by Gasteiger charge is -2.18. The van der Waals surface area contributed by atoms with Crippen LogP contribution in [0.15, 0.2) is 12.3 Å². The molecule has 1 fully saturated rings. The first-order valence-corrected chi connectivity index (χ1v) is 8.56. The zero-order valence-electron chi connectivity index (χ0n) is 14.4. The van der Waals surface area contributed by atoms with Crippen LogP contribution in [0.2, 0.25) is 0 Å². The largest absolute Gasteiger partial charge is 0.433 e. The van der Waals surface area contributed by atoms with Gasteiger partial charge in [-0.25, -0.2) is 9.97 Å². The second-order valence-corrected chi connectivity index (χ2v) is 6.56. The Kier molecular flexibility index (Phi) is 4.96. The van der Waals surface area contributed by atoms with Gasteiger partial charge in [0.25, 0.3) is 0 Å². The van der Waals surface area contributed by atoms with Gasteiger partial charge in [-0.15, -0.1) is 0 Å². The highest BCUT2D eigenvalue weighted by Crippen LogP contribution is 2.32. The molecule has 0 saturated heterocycles. The van der Waals surface area contributed by atoms with Gasteiger partial charge in [0, 0.05) is 24.3 Å². The van der Waals surface area contributed by atoms with Crippen molar-refractivity contribution in [3.8, 4) is 11.3 Å². The highest BCUT2D eigenvalue weighted by Gasteiger charge is 2.34. The van der Waals surface area contributed by atoms with E-state index in [0.717, 1.165) is 37.4 Å². The summed E-state index contributed by atoms with van der Waals surface area (Å²) in [7, 11) is 1.75. The van der Waals surface area contributed by atoms with Crippen molar-refractivity contribution in [2.45, 2.75) is 57.7 Å². The van der Waals surface area contributed by atoms with Crippen molar-refractivity contribution >= 4 is 5.95 Å². The molecular weight excluding hydrogens is 331 g/mol. The van der Waals surface area contributed by atoms with Gasteiger partial charge in [0.15, 0.2) is 5.69 Å². The summed E-state index contributed by atoms with van der Waals surface area (Å²) in [5.41, 5.74) is 0.646. The minimum Gasteiger partial charge on any atom is -0.351 e. The summed E-state index contributed by atoms with van der Waals surface area (Å²) < 4.78 is 41.4. The van der Waals surface area contributed by atoms with Gasteiger partial charge in [-0.1, -0.05) is 25.7 Å². The second-order valence-electron chi connectivity index (χ2n) is 6.56. The highest BCUT2D eigenvalue weighted by molar-refractivity contribution is 5.62. The summed E-state index contributed by atoms with van der Waals surface area (Å²) in [5.74, 6) is 0.0416. The van der Waals surface area contributed by atoms with Crippen LogP contribution in [-0.2, 0) is 13.2 Å². The van der Waals surface area contributed by atoms with Crippen LogP contribution >= 0.6 is 0 Å². The molecule has 2 aromatic heterocycles.